The normalized spacial score (nSPS) is 11.7. The van der Waals surface area contributed by atoms with Gasteiger partial charge >= 0.3 is 0 Å². The molecular formula is C18H18N+. The van der Waals surface area contributed by atoms with E-state index in [0.29, 0.717) is 0 Å². The first-order valence-corrected chi connectivity index (χ1v) is 6.57. The second-order valence-electron chi connectivity index (χ2n) is 5.29. The topological polar surface area (TPSA) is 0 Å². The maximum Gasteiger partial charge on any atom is 0.145 e. The first-order valence-electron chi connectivity index (χ1n) is 6.57. The van der Waals surface area contributed by atoms with Crippen molar-refractivity contribution in [3.05, 3.63) is 72.8 Å². The zero-order valence-electron chi connectivity index (χ0n) is 11.4. The van der Waals surface area contributed by atoms with E-state index < -0.39 is 0 Å². The van der Waals surface area contributed by atoms with Crippen molar-refractivity contribution in [3.8, 4) is 0 Å². The van der Waals surface area contributed by atoms with Gasteiger partial charge in [0, 0.05) is 11.5 Å². The van der Waals surface area contributed by atoms with Crippen LogP contribution in [0.4, 0.5) is 11.4 Å². The van der Waals surface area contributed by atoms with Gasteiger partial charge in [0.1, 0.15) is 11.4 Å². The Morgan fingerprint density at radius 2 is 1.26 bits per heavy atom. The van der Waals surface area contributed by atoms with Crippen LogP contribution in [0.15, 0.2) is 72.8 Å². The fourth-order valence-corrected chi connectivity index (χ4v) is 2.64. The molecule has 0 fully saturated rings. The molecule has 0 aliphatic heterocycles. The SMILES string of the molecule is C[N+](C)(c1ccccc1)c1cccc2ccccc12. The Balaban J connectivity index is 2.24. The molecule has 0 aliphatic rings. The molecule has 0 spiro atoms. The van der Waals surface area contributed by atoms with Crippen molar-refractivity contribution in [2.75, 3.05) is 14.1 Å². The van der Waals surface area contributed by atoms with E-state index in [2.05, 4.69) is 86.9 Å². The summed E-state index contributed by atoms with van der Waals surface area (Å²) in [5.74, 6) is 0. The van der Waals surface area contributed by atoms with Gasteiger partial charge in [0.05, 0.1) is 14.1 Å². The molecule has 1 heteroatoms. The van der Waals surface area contributed by atoms with Crippen LogP contribution in [-0.2, 0) is 0 Å². The van der Waals surface area contributed by atoms with Gasteiger partial charge in [-0.3, -0.25) is 4.48 Å². The number of fused-ring (bicyclic) bond motifs is 1. The molecule has 3 aromatic rings. The Hall–Kier alpha value is -2.12. The van der Waals surface area contributed by atoms with Crippen LogP contribution >= 0.6 is 0 Å². The number of benzene rings is 3. The fourth-order valence-electron chi connectivity index (χ4n) is 2.64. The Morgan fingerprint density at radius 1 is 0.632 bits per heavy atom. The first-order chi connectivity index (χ1) is 9.19. The number of hydrogen-bond donors (Lipinski definition) is 0. The third-order valence-electron chi connectivity index (χ3n) is 3.77. The van der Waals surface area contributed by atoms with Crippen LogP contribution in [0, 0.1) is 0 Å². The molecular weight excluding hydrogens is 230 g/mol. The van der Waals surface area contributed by atoms with E-state index >= 15 is 0 Å². The Kier molecular flexibility index (Phi) is 2.84. The molecule has 0 unspecified atom stereocenters. The van der Waals surface area contributed by atoms with E-state index in [1.807, 2.05) is 0 Å². The molecule has 1 nitrogen and oxygen atoms in total. The van der Waals surface area contributed by atoms with Crippen molar-refractivity contribution in [1.29, 1.82) is 0 Å². The molecule has 0 bridgehead atoms. The number of hydrogen-bond acceptors (Lipinski definition) is 0. The van der Waals surface area contributed by atoms with Crippen LogP contribution in [-0.4, -0.2) is 14.1 Å². The fraction of sp³-hybridized carbons (Fsp3) is 0.111. The van der Waals surface area contributed by atoms with Gasteiger partial charge in [-0.1, -0.05) is 48.5 Å². The second-order valence-corrected chi connectivity index (χ2v) is 5.29. The monoisotopic (exact) mass is 248 g/mol. The molecule has 3 rings (SSSR count). The summed E-state index contributed by atoms with van der Waals surface area (Å²) in [6.07, 6.45) is 0. The molecule has 0 N–H and O–H groups in total. The van der Waals surface area contributed by atoms with Crippen molar-refractivity contribution in [1.82, 2.24) is 4.48 Å². The van der Waals surface area contributed by atoms with Crippen molar-refractivity contribution in [2.24, 2.45) is 0 Å². The standard InChI is InChI=1S/C18H18N/c1-19(2,16-11-4-3-5-12-16)18-14-8-10-15-9-6-7-13-17(15)18/h3-14H,1-2H3/q+1. The Labute approximate surface area is 114 Å². The smallest absolute Gasteiger partial charge is 0.145 e. The number of para-hydroxylation sites is 1. The van der Waals surface area contributed by atoms with Crippen LogP contribution in [0.1, 0.15) is 0 Å². The van der Waals surface area contributed by atoms with Crippen LogP contribution in [0.5, 0.6) is 0 Å². The van der Waals surface area contributed by atoms with Crippen molar-refractivity contribution in [3.63, 3.8) is 0 Å². The molecule has 3 aromatic carbocycles. The molecule has 0 heterocycles. The molecule has 0 amide bonds. The molecule has 19 heavy (non-hydrogen) atoms. The zero-order valence-corrected chi connectivity index (χ0v) is 11.4. The van der Waals surface area contributed by atoms with Gasteiger partial charge < -0.3 is 0 Å². The van der Waals surface area contributed by atoms with Gasteiger partial charge in [0.15, 0.2) is 0 Å². The molecule has 94 valence electrons. The summed E-state index contributed by atoms with van der Waals surface area (Å²) in [5, 5.41) is 2.61. The van der Waals surface area contributed by atoms with Crippen LogP contribution in [0.2, 0.25) is 0 Å². The molecule has 0 aromatic heterocycles. The van der Waals surface area contributed by atoms with Gasteiger partial charge in [0.25, 0.3) is 0 Å². The largest absolute Gasteiger partial charge is 0.263 e. The zero-order chi connectivity index (χ0) is 13.3. The quantitative estimate of drug-likeness (QED) is 0.575. The molecule has 0 radical (unpaired) electrons. The summed E-state index contributed by atoms with van der Waals surface area (Å²) >= 11 is 0. The Bertz CT molecular complexity index is 694. The lowest BCUT2D eigenvalue weighted by Crippen LogP contribution is -2.34. The van der Waals surface area contributed by atoms with Gasteiger partial charge in [-0.2, -0.15) is 0 Å². The maximum atomic E-state index is 2.23. The highest BCUT2D eigenvalue weighted by molar-refractivity contribution is 5.94. The van der Waals surface area contributed by atoms with E-state index in [0.717, 1.165) is 4.48 Å². The minimum absolute atomic E-state index is 0.752. The van der Waals surface area contributed by atoms with E-state index in [9.17, 15) is 0 Å². The van der Waals surface area contributed by atoms with E-state index in [1.165, 1.54) is 22.1 Å². The van der Waals surface area contributed by atoms with Crippen LogP contribution < -0.4 is 4.48 Å². The average Bonchev–Trinajstić information content (AvgIpc) is 2.47. The van der Waals surface area contributed by atoms with Crippen molar-refractivity contribution >= 4 is 22.1 Å². The third kappa shape index (κ3) is 2.02. The maximum absolute atomic E-state index is 2.23. The molecule has 0 atom stereocenters. The number of nitrogens with zero attached hydrogens (tertiary/aromatic N) is 1. The van der Waals surface area contributed by atoms with E-state index in [4.69, 9.17) is 0 Å². The highest BCUT2D eigenvalue weighted by Crippen LogP contribution is 2.35. The molecule has 0 saturated heterocycles. The number of rotatable bonds is 2. The van der Waals surface area contributed by atoms with Crippen LogP contribution in [0.25, 0.3) is 10.8 Å². The van der Waals surface area contributed by atoms with Gasteiger partial charge in [-0.25, -0.2) is 0 Å². The summed E-state index contributed by atoms with van der Waals surface area (Å²) in [5.41, 5.74) is 2.61. The van der Waals surface area contributed by atoms with Crippen molar-refractivity contribution < 1.29 is 0 Å². The first kappa shape index (κ1) is 11.9. The summed E-state index contributed by atoms with van der Waals surface area (Å²) < 4.78 is 0.752. The van der Waals surface area contributed by atoms with Gasteiger partial charge in [0.2, 0.25) is 0 Å². The number of quaternary nitrogens is 1. The lowest BCUT2D eigenvalue weighted by Gasteiger charge is -2.29. The summed E-state index contributed by atoms with van der Waals surface area (Å²) in [6, 6.07) is 25.7. The Morgan fingerprint density at radius 3 is 2.05 bits per heavy atom. The average molecular weight is 248 g/mol. The van der Waals surface area contributed by atoms with Crippen LogP contribution in [0.3, 0.4) is 0 Å². The van der Waals surface area contributed by atoms with E-state index in [-0.39, 0.29) is 0 Å². The minimum atomic E-state index is 0.752. The summed E-state index contributed by atoms with van der Waals surface area (Å²) in [7, 11) is 4.47. The predicted octanol–water partition coefficient (Wildman–Crippen LogP) is 4.74. The second kappa shape index (κ2) is 4.52. The van der Waals surface area contributed by atoms with Crippen molar-refractivity contribution in [2.45, 2.75) is 0 Å². The van der Waals surface area contributed by atoms with Gasteiger partial charge in [-0.15, -0.1) is 0 Å². The lowest BCUT2D eigenvalue weighted by atomic mass is 10.1. The highest BCUT2D eigenvalue weighted by Gasteiger charge is 2.24. The minimum Gasteiger partial charge on any atom is -0.263 e. The molecule has 0 aliphatic carbocycles. The lowest BCUT2D eigenvalue weighted by molar-refractivity contribution is 0.559. The van der Waals surface area contributed by atoms with Gasteiger partial charge in [-0.05, 0) is 23.6 Å². The summed E-state index contributed by atoms with van der Waals surface area (Å²) in [6.45, 7) is 0. The summed E-state index contributed by atoms with van der Waals surface area (Å²) in [4.78, 5) is 0. The highest BCUT2D eigenvalue weighted by atomic mass is 15.3. The molecule has 0 saturated carbocycles. The predicted molar refractivity (Wildman–Crippen MR) is 83.7 cm³/mol. The third-order valence-corrected chi connectivity index (χ3v) is 3.77. The van der Waals surface area contributed by atoms with E-state index in [1.54, 1.807) is 0 Å².